The van der Waals surface area contributed by atoms with E-state index in [2.05, 4.69) is 16.1 Å². The van der Waals surface area contributed by atoms with Gasteiger partial charge in [0.05, 0.1) is 11.6 Å². The van der Waals surface area contributed by atoms with E-state index in [1.807, 2.05) is 43.9 Å². The Balaban J connectivity index is 2.27. The van der Waals surface area contributed by atoms with Crippen LogP contribution in [0.5, 0.6) is 0 Å². The van der Waals surface area contributed by atoms with E-state index < -0.39 is 0 Å². The lowest BCUT2D eigenvalue weighted by molar-refractivity contribution is 0.726. The smallest absolute Gasteiger partial charge is 0.131 e. The number of aromatic nitrogens is 2. The lowest BCUT2D eigenvalue weighted by Gasteiger charge is -2.21. The lowest BCUT2D eigenvalue weighted by Crippen LogP contribution is -2.20. The molecule has 0 amide bonds. The van der Waals surface area contributed by atoms with Gasteiger partial charge in [-0.1, -0.05) is 23.7 Å². The molecule has 19 heavy (non-hydrogen) atoms. The SMILES string of the molecule is Cc1nn(C)c(N(C)Cc2cccc(Cl)c2)c1CCl. The highest BCUT2D eigenvalue weighted by Gasteiger charge is 2.16. The minimum atomic E-state index is 0.467. The summed E-state index contributed by atoms with van der Waals surface area (Å²) in [6.45, 7) is 2.75. The van der Waals surface area contributed by atoms with Gasteiger partial charge in [0.1, 0.15) is 5.82 Å². The molecule has 0 unspecified atom stereocenters. The van der Waals surface area contributed by atoms with Crippen molar-refractivity contribution in [2.45, 2.75) is 19.3 Å². The molecular weight excluding hydrogens is 281 g/mol. The van der Waals surface area contributed by atoms with Crippen LogP contribution in [0.2, 0.25) is 5.02 Å². The van der Waals surface area contributed by atoms with Gasteiger partial charge in [0.2, 0.25) is 0 Å². The van der Waals surface area contributed by atoms with Gasteiger partial charge in [0.25, 0.3) is 0 Å². The highest BCUT2D eigenvalue weighted by molar-refractivity contribution is 6.30. The van der Waals surface area contributed by atoms with Gasteiger partial charge >= 0.3 is 0 Å². The normalized spacial score (nSPS) is 10.8. The standard InChI is InChI=1S/C14H17Cl2N3/c1-10-13(8-15)14(19(3)17-10)18(2)9-11-5-4-6-12(16)7-11/h4-7H,8-9H2,1-3H3. The van der Waals surface area contributed by atoms with Gasteiger partial charge in [-0.05, 0) is 24.6 Å². The number of aryl methyl sites for hydroxylation is 2. The molecule has 0 saturated carbocycles. The fourth-order valence-electron chi connectivity index (χ4n) is 2.31. The van der Waals surface area contributed by atoms with Crippen molar-refractivity contribution in [2.75, 3.05) is 11.9 Å². The molecule has 0 spiro atoms. The third kappa shape index (κ3) is 3.04. The molecule has 0 aliphatic heterocycles. The van der Waals surface area contributed by atoms with Crippen molar-refractivity contribution in [1.29, 1.82) is 0 Å². The maximum atomic E-state index is 6.02. The Bertz CT molecular complexity index is 578. The molecule has 0 saturated heterocycles. The number of hydrogen-bond donors (Lipinski definition) is 0. The van der Waals surface area contributed by atoms with Crippen LogP contribution >= 0.6 is 23.2 Å². The predicted molar refractivity (Wildman–Crippen MR) is 81.1 cm³/mol. The number of hydrogen-bond acceptors (Lipinski definition) is 2. The maximum Gasteiger partial charge on any atom is 0.131 e. The molecule has 0 atom stereocenters. The average molecular weight is 298 g/mol. The fourth-order valence-corrected chi connectivity index (χ4v) is 2.83. The molecule has 2 rings (SSSR count). The number of rotatable bonds is 4. The van der Waals surface area contributed by atoms with Gasteiger partial charge < -0.3 is 4.90 Å². The van der Waals surface area contributed by atoms with Crippen molar-refractivity contribution in [1.82, 2.24) is 9.78 Å². The molecule has 0 N–H and O–H groups in total. The minimum absolute atomic E-state index is 0.467. The summed E-state index contributed by atoms with van der Waals surface area (Å²) >= 11 is 12.0. The molecule has 0 aliphatic carbocycles. The quantitative estimate of drug-likeness (QED) is 0.801. The highest BCUT2D eigenvalue weighted by Crippen LogP contribution is 2.25. The molecule has 0 radical (unpaired) electrons. The Kier molecular flexibility index (Phi) is 4.38. The summed E-state index contributed by atoms with van der Waals surface area (Å²) in [6, 6.07) is 7.87. The Morgan fingerprint density at radius 2 is 2.11 bits per heavy atom. The molecule has 1 heterocycles. The van der Waals surface area contributed by atoms with Gasteiger partial charge in [0, 0.05) is 31.2 Å². The zero-order chi connectivity index (χ0) is 14.0. The molecule has 102 valence electrons. The summed E-state index contributed by atoms with van der Waals surface area (Å²) in [4.78, 5) is 2.14. The molecule has 3 nitrogen and oxygen atoms in total. The van der Waals surface area contributed by atoms with E-state index in [1.54, 1.807) is 0 Å². The Morgan fingerprint density at radius 3 is 2.74 bits per heavy atom. The van der Waals surface area contributed by atoms with Crippen molar-refractivity contribution in [3.8, 4) is 0 Å². The van der Waals surface area contributed by atoms with Gasteiger partial charge in [-0.2, -0.15) is 5.10 Å². The highest BCUT2D eigenvalue weighted by atomic mass is 35.5. The van der Waals surface area contributed by atoms with Gasteiger partial charge in [-0.15, -0.1) is 11.6 Å². The van der Waals surface area contributed by atoms with Crippen LogP contribution < -0.4 is 4.90 Å². The van der Waals surface area contributed by atoms with Crippen molar-refractivity contribution in [3.05, 3.63) is 46.1 Å². The van der Waals surface area contributed by atoms with Crippen LogP contribution in [0.4, 0.5) is 5.82 Å². The van der Waals surface area contributed by atoms with Gasteiger partial charge in [-0.25, -0.2) is 0 Å². The largest absolute Gasteiger partial charge is 0.355 e. The van der Waals surface area contributed by atoms with E-state index in [-0.39, 0.29) is 0 Å². The Hall–Kier alpha value is -1.19. The van der Waals surface area contributed by atoms with E-state index in [0.717, 1.165) is 34.2 Å². The second-order valence-corrected chi connectivity index (χ2v) is 5.33. The number of nitrogens with zero attached hydrogens (tertiary/aromatic N) is 3. The lowest BCUT2D eigenvalue weighted by atomic mass is 10.2. The van der Waals surface area contributed by atoms with Crippen LogP contribution in [0.3, 0.4) is 0 Å². The molecule has 2 aromatic rings. The predicted octanol–water partition coefficient (Wildman–Crippen LogP) is 3.76. The first-order chi connectivity index (χ1) is 9.02. The summed E-state index contributed by atoms with van der Waals surface area (Å²) in [5.74, 6) is 1.52. The molecular formula is C14H17Cl2N3. The summed E-state index contributed by atoms with van der Waals surface area (Å²) in [5.41, 5.74) is 3.22. The van der Waals surface area contributed by atoms with Crippen LogP contribution in [0.25, 0.3) is 0 Å². The number of halogens is 2. The second-order valence-electron chi connectivity index (χ2n) is 4.63. The number of benzene rings is 1. The topological polar surface area (TPSA) is 21.1 Å². The Labute approximate surface area is 123 Å². The van der Waals surface area contributed by atoms with Crippen molar-refractivity contribution in [3.63, 3.8) is 0 Å². The minimum Gasteiger partial charge on any atom is -0.355 e. The summed E-state index contributed by atoms with van der Waals surface area (Å²) in [6.07, 6.45) is 0. The summed E-state index contributed by atoms with van der Waals surface area (Å²) in [5, 5.41) is 5.18. The van der Waals surface area contributed by atoms with Gasteiger partial charge in [0.15, 0.2) is 0 Å². The zero-order valence-corrected chi connectivity index (χ0v) is 12.8. The van der Waals surface area contributed by atoms with E-state index >= 15 is 0 Å². The van der Waals surface area contributed by atoms with E-state index in [4.69, 9.17) is 23.2 Å². The molecule has 0 bridgehead atoms. The molecule has 0 fully saturated rings. The fraction of sp³-hybridized carbons (Fsp3) is 0.357. The summed E-state index contributed by atoms with van der Waals surface area (Å²) < 4.78 is 1.87. The maximum absolute atomic E-state index is 6.02. The summed E-state index contributed by atoms with van der Waals surface area (Å²) in [7, 11) is 3.97. The number of alkyl halides is 1. The first-order valence-corrected chi connectivity index (χ1v) is 6.98. The van der Waals surface area contributed by atoms with E-state index in [0.29, 0.717) is 5.88 Å². The first kappa shape index (κ1) is 14.2. The molecule has 5 heteroatoms. The van der Waals surface area contributed by atoms with E-state index in [1.165, 1.54) is 0 Å². The molecule has 1 aromatic heterocycles. The zero-order valence-electron chi connectivity index (χ0n) is 11.3. The third-order valence-corrected chi connectivity index (χ3v) is 3.62. The van der Waals surface area contributed by atoms with Gasteiger partial charge in [-0.3, -0.25) is 4.68 Å². The van der Waals surface area contributed by atoms with Crippen molar-refractivity contribution < 1.29 is 0 Å². The number of anilines is 1. The molecule has 0 aliphatic rings. The Morgan fingerprint density at radius 1 is 1.37 bits per heavy atom. The first-order valence-electron chi connectivity index (χ1n) is 6.07. The van der Waals surface area contributed by atoms with Crippen LogP contribution in [-0.4, -0.2) is 16.8 Å². The van der Waals surface area contributed by atoms with Crippen molar-refractivity contribution in [2.24, 2.45) is 7.05 Å². The van der Waals surface area contributed by atoms with E-state index in [9.17, 15) is 0 Å². The average Bonchev–Trinajstić information content (AvgIpc) is 2.63. The second kappa shape index (κ2) is 5.85. The van der Waals surface area contributed by atoms with Crippen LogP contribution in [0.1, 0.15) is 16.8 Å². The van der Waals surface area contributed by atoms with Crippen LogP contribution in [-0.2, 0) is 19.5 Å². The van der Waals surface area contributed by atoms with Crippen LogP contribution in [0.15, 0.2) is 24.3 Å². The van der Waals surface area contributed by atoms with Crippen molar-refractivity contribution >= 4 is 29.0 Å². The monoisotopic (exact) mass is 297 g/mol. The van der Waals surface area contributed by atoms with Crippen LogP contribution in [0, 0.1) is 6.92 Å². The third-order valence-electron chi connectivity index (χ3n) is 3.12. The molecule has 1 aromatic carbocycles.